The van der Waals surface area contributed by atoms with Gasteiger partial charge in [-0.15, -0.1) is 0 Å². The molecular formula is C12H17BrN2O3S. The van der Waals surface area contributed by atoms with Gasteiger partial charge < -0.3 is 10.8 Å². The van der Waals surface area contributed by atoms with Gasteiger partial charge in [-0.25, -0.2) is 8.42 Å². The van der Waals surface area contributed by atoms with Crippen LogP contribution in [-0.2, 0) is 10.0 Å². The van der Waals surface area contributed by atoms with Gasteiger partial charge in [0.25, 0.3) is 0 Å². The minimum Gasteiger partial charge on any atom is -0.399 e. The molecule has 19 heavy (non-hydrogen) atoms. The molecule has 1 heterocycles. The van der Waals surface area contributed by atoms with Gasteiger partial charge in [0.2, 0.25) is 10.0 Å². The molecule has 1 aromatic rings. The predicted octanol–water partition coefficient (Wildman–Crippen LogP) is 1.42. The highest BCUT2D eigenvalue weighted by molar-refractivity contribution is 9.10. The Balaban J connectivity index is 2.29. The van der Waals surface area contributed by atoms with Gasteiger partial charge in [-0.1, -0.05) is 13.8 Å². The number of β-amino-alcohol motifs (C(OH)–C–C–N with tert-alkyl or cyclic N) is 1. The van der Waals surface area contributed by atoms with Crippen LogP contribution in [0.25, 0.3) is 0 Å². The molecule has 1 aliphatic heterocycles. The molecule has 0 unspecified atom stereocenters. The summed E-state index contributed by atoms with van der Waals surface area (Å²) in [6, 6.07) is 4.66. The highest BCUT2D eigenvalue weighted by atomic mass is 79.9. The zero-order chi connectivity index (χ0) is 14.4. The van der Waals surface area contributed by atoms with Gasteiger partial charge in [-0.05, 0) is 40.0 Å². The standard InChI is InChI=1S/C12H17BrN2O3S/c1-8(2)12(16)6-15(7-12)19(17,18)11-5-9(14)3-4-10(11)13/h3-5,8,16H,6-7,14H2,1-2H3. The van der Waals surface area contributed by atoms with E-state index in [9.17, 15) is 13.5 Å². The first kappa shape index (κ1) is 14.8. The first-order valence-electron chi connectivity index (χ1n) is 5.94. The van der Waals surface area contributed by atoms with Crippen molar-refractivity contribution in [2.45, 2.75) is 24.3 Å². The highest BCUT2D eigenvalue weighted by Crippen LogP contribution is 2.35. The predicted molar refractivity (Wildman–Crippen MR) is 77.1 cm³/mol. The molecule has 0 aliphatic carbocycles. The molecule has 7 heteroatoms. The number of nitrogen functional groups attached to an aromatic ring is 1. The molecule has 5 nitrogen and oxygen atoms in total. The van der Waals surface area contributed by atoms with Crippen molar-refractivity contribution >= 4 is 31.6 Å². The van der Waals surface area contributed by atoms with Gasteiger partial charge in [0.05, 0.1) is 10.5 Å². The summed E-state index contributed by atoms with van der Waals surface area (Å²) in [6.07, 6.45) is 0. The lowest BCUT2D eigenvalue weighted by Gasteiger charge is -2.47. The Morgan fingerprint density at radius 3 is 2.53 bits per heavy atom. The number of nitrogens with zero attached hydrogens (tertiary/aromatic N) is 1. The van der Waals surface area contributed by atoms with E-state index in [0.29, 0.717) is 10.2 Å². The van der Waals surface area contributed by atoms with Crippen molar-refractivity contribution in [2.75, 3.05) is 18.8 Å². The quantitative estimate of drug-likeness (QED) is 0.809. The fraction of sp³-hybridized carbons (Fsp3) is 0.500. The Morgan fingerprint density at radius 1 is 1.42 bits per heavy atom. The third kappa shape index (κ3) is 2.52. The summed E-state index contributed by atoms with van der Waals surface area (Å²) >= 11 is 3.22. The van der Waals surface area contributed by atoms with Gasteiger partial charge in [-0.2, -0.15) is 4.31 Å². The molecule has 0 amide bonds. The summed E-state index contributed by atoms with van der Waals surface area (Å²) in [4.78, 5) is 0.137. The number of anilines is 1. The maximum Gasteiger partial charge on any atom is 0.244 e. The first-order chi connectivity index (χ1) is 8.67. The van der Waals surface area contributed by atoms with Gasteiger partial charge in [-0.3, -0.25) is 0 Å². The molecule has 0 radical (unpaired) electrons. The van der Waals surface area contributed by atoms with Gasteiger partial charge in [0, 0.05) is 23.2 Å². The number of benzene rings is 1. The van der Waals surface area contributed by atoms with E-state index in [4.69, 9.17) is 5.73 Å². The third-order valence-corrected chi connectivity index (χ3v) is 6.33. The molecule has 0 aromatic heterocycles. The Hall–Kier alpha value is -0.630. The summed E-state index contributed by atoms with van der Waals surface area (Å²) in [5.41, 5.74) is 5.09. The van der Waals surface area contributed by atoms with Crippen LogP contribution < -0.4 is 5.73 Å². The minimum absolute atomic E-state index is 0.0169. The Labute approximate surface area is 121 Å². The molecule has 1 aliphatic rings. The fourth-order valence-corrected chi connectivity index (χ4v) is 4.48. The van der Waals surface area contributed by atoms with E-state index in [-0.39, 0.29) is 23.9 Å². The normalized spacial score (nSPS) is 19.4. The minimum atomic E-state index is -3.61. The summed E-state index contributed by atoms with van der Waals surface area (Å²) in [7, 11) is -3.61. The van der Waals surface area contributed by atoms with Crippen molar-refractivity contribution in [3.05, 3.63) is 22.7 Å². The molecule has 2 rings (SSSR count). The van der Waals surface area contributed by atoms with Gasteiger partial charge >= 0.3 is 0 Å². The van der Waals surface area contributed by atoms with E-state index in [1.807, 2.05) is 13.8 Å². The Bertz CT molecular complexity index is 595. The molecule has 1 fully saturated rings. The molecule has 1 saturated heterocycles. The number of nitrogens with two attached hydrogens (primary N) is 1. The zero-order valence-corrected chi connectivity index (χ0v) is 13.2. The van der Waals surface area contributed by atoms with Crippen LogP contribution >= 0.6 is 15.9 Å². The van der Waals surface area contributed by atoms with E-state index in [1.54, 1.807) is 12.1 Å². The van der Waals surface area contributed by atoms with Crippen molar-refractivity contribution in [1.82, 2.24) is 4.31 Å². The van der Waals surface area contributed by atoms with Gasteiger partial charge in [0.1, 0.15) is 0 Å². The molecular weight excluding hydrogens is 332 g/mol. The second-order valence-corrected chi connectivity index (χ2v) is 7.98. The highest BCUT2D eigenvalue weighted by Gasteiger charge is 2.49. The number of sulfonamides is 1. The van der Waals surface area contributed by atoms with Crippen LogP contribution in [0.3, 0.4) is 0 Å². The Kier molecular flexibility index (Phi) is 3.68. The van der Waals surface area contributed by atoms with E-state index < -0.39 is 15.6 Å². The topological polar surface area (TPSA) is 83.6 Å². The molecule has 1 aromatic carbocycles. The van der Waals surface area contributed by atoms with Gasteiger partial charge in [0.15, 0.2) is 0 Å². The van der Waals surface area contributed by atoms with Crippen LogP contribution in [0.2, 0.25) is 0 Å². The van der Waals surface area contributed by atoms with Crippen molar-refractivity contribution in [3.63, 3.8) is 0 Å². The number of rotatable bonds is 3. The molecule has 0 bridgehead atoms. The lowest BCUT2D eigenvalue weighted by molar-refractivity contribution is -0.0932. The number of aliphatic hydroxyl groups is 1. The lowest BCUT2D eigenvalue weighted by atomic mass is 9.85. The number of hydrogen-bond acceptors (Lipinski definition) is 4. The molecule has 106 valence electrons. The largest absolute Gasteiger partial charge is 0.399 e. The SMILES string of the molecule is CC(C)C1(O)CN(S(=O)(=O)c2cc(N)ccc2Br)C1. The van der Waals surface area contributed by atoms with Crippen molar-refractivity contribution < 1.29 is 13.5 Å². The van der Waals surface area contributed by atoms with Crippen LogP contribution in [0.1, 0.15) is 13.8 Å². The van der Waals surface area contributed by atoms with E-state index in [0.717, 1.165) is 0 Å². The van der Waals surface area contributed by atoms with Crippen molar-refractivity contribution in [2.24, 2.45) is 5.92 Å². The van der Waals surface area contributed by atoms with Crippen molar-refractivity contribution in [3.8, 4) is 0 Å². The summed E-state index contributed by atoms with van der Waals surface area (Å²) < 4.78 is 26.6. The second-order valence-electron chi connectivity index (χ2n) is 5.22. The molecule has 0 atom stereocenters. The van der Waals surface area contributed by atoms with Crippen LogP contribution in [0.4, 0.5) is 5.69 Å². The lowest BCUT2D eigenvalue weighted by Crippen LogP contribution is -2.65. The smallest absolute Gasteiger partial charge is 0.244 e. The fourth-order valence-electron chi connectivity index (χ4n) is 1.96. The first-order valence-corrected chi connectivity index (χ1v) is 8.18. The average Bonchev–Trinajstić information content (AvgIpc) is 2.27. The Morgan fingerprint density at radius 2 is 2.00 bits per heavy atom. The van der Waals surface area contributed by atoms with Crippen molar-refractivity contribution in [1.29, 1.82) is 0 Å². The van der Waals surface area contributed by atoms with Crippen LogP contribution in [0.15, 0.2) is 27.6 Å². The van der Waals surface area contributed by atoms with E-state index in [1.165, 1.54) is 10.4 Å². The molecule has 3 N–H and O–H groups in total. The van der Waals surface area contributed by atoms with Crippen LogP contribution in [-0.4, -0.2) is 36.5 Å². The zero-order valence-electron chi connectivity index (χ0n) is 10.8. The second kappa shape index (κ2) is 4.73. The maximum atomic E-state index is 12.4. The summed E-state index contributed by atoms with van der Waals surface area (Å²) in [5, 5.41) is 10.1. The number of hydrogen-bond donors (Lipinski definition) is 2. The van der Waals surface area contributed by atoms with E-state index in [2.05, 4.69) is 15.9 Å². The summed E-state index contributed by atoms with van der Waals surface area (Å²) in [6.45, 7) is 3.99. The van der Waals surface area contributed by atoms with Crippen LogP contribution in [0.5, 0.6) is 0 Å². The van der Waals surface area contributed by atoms with E-state index >= 15 is 0 Å². The average molecular weight is 349 g/mol. The molecule has 0 spiro atoms. The molecule has 0 saturated carbocycles. The summed E-state index contributed by atoms with van der Waals surface area (Å²) in [5.74, 6) is 0.0169. The van der Waals surface area contributed by atoms with Crippen LogP contribution in [0, 0.1) is 5.92 Å². The monoisotopic (exact) mass is 348 g/mol. The third-order valence-electron chi connectivity index (χ3n) is 3.55. The maximum absolute atomic E-state index is 12.4. The number of halogens is 1.